The van der Waals surface area contributed by atoms with Gasteiger partial charge in [-0.15, -0.1) is 0 Å². The molecule has 30 heavy (non-hydrogen) atoms. The van der Waals surface area contributed by atoms with Crippen molar-refractivity contribution in [2.45, 2.75) is 39.3 Å². The molecule has 1 saturated heterocycles. The number of nitrogens with one attached hydrogen (secondary N) is 1. The molecule has 0 bridgehead atoms. The number of para-hydroxylation sites is 1. The molecule has 2 aromatic carbocycles. The largest absolute Gasteiger partial charge is 0.372 e. The summed E-state index contributed by atoms with van der Waals surface area (Å²) in [6, 6.07) is 15.2. The Morgan fingerprint density at radius 1 is 1.23 bits per heavy atom. The number of rotatable bonds is 6. The molecule has 0 spiro atoms. The molecule has 1 fully saturated rings. The van der Waals surface area contributed by atoms with E-state index in [1.807, 2.05) is 44.3 Å². The summed E-state index contributed by atoms with van der Waals surface area (Å²) in [4.78, 5) is 29.3. The van der Waals surface area contributed by atoms with E-state index in [-0.39, 0.29) is 23.9 Å². The SMILES string of the molecule is CCc1ccc(C(=O)N2CC(NC(=O)c3ccccc3N(C)C(C)C)C2)cc1C#N. The number of hydrogen-bond acceptors (Lipinski definition) is 4. The van der Waals surface area contributed by atoms with Crippen molar-refractivity contribution in [3.05, 3.63) is 64.7 Å². The zero-order valence-electron chi connectivity index (χ0n) is 18.0. The molecule has 6 heteroatoms. The van der Waals surface area contributed by atoms with Crippen LogP contribution in [0.25, 0.3) is 0 Å². The van der Waals surface area contributed by atoms with Crippen molar-refractivity contribution in [1.29, 1.82) is 5.26 Å². The lowest BCUT2D eigenvalue weighted by atomic mass is 10.0. The molecule has 156 valence electrons. The monoisotopic (exact) mass is 404 g/mol. The van der Waals surface area contributed by atoms with Crippen LogP contribution >= 0.6 is 0 Å². The topological polar surface area (TPSA) is 76.4 Å². The molecule has 0 atom stereocenters. The molecule has 1 aliphatic rings. The van der Waals surface area contributed by atoms with Crippen molar-refractivity contribution in [2.75, 3.05) is 25.0 Å². The minimum Gasteiger partial charge on any atom is -0.372 e. The zero-order chi connectivity index (χ0) is 21.8. The molecule has 2 amide bonds. The predicted octanol–water partition coefficient (Wildman–Crippen LogP) is 3.22. The fourth-order valence-electron chi connectivity index (χ4n) is 3.55. The standard InChI is InChI=1S/C24H28N4O2/c1-5-17-10-11-18(12-19(17)13-25)24(30)28-14-20(15-28)26-23(29)21-8-6-7-9-22(21)27(4)16(2)3/h6-12,16,20H,5,14-15H2,1-4H3,(H,26,29). The lowest BCUT2D eigenvalue weighted by Crippen LogP contribution is -2.61. The van der Waals surface area contributed by atoms with Crippen molar-refractivity contribution in [3.8, 4) is 6.07 Å². The van der Waals surface area contributed by atoms with Gasteiger partial charge in [0.25, 0.3) is 11.8 Å². The highest BCUT2D eigenvalue weighted by Crippen LogP contribution is 2.22. The minimum absolute atomic E-state index is 0.0794. The Morgan fingerprint density at radius 2 is 1.93 bits per heavy atom. The van der Waals surface area contributed by atoms with Crippen LogP contribution < -0.4 is 10.2 Å². The van der Waals surface area contributed by atoms with Crippen LogP contribution in [-0.2, 0) is 6.42 Å². The van der Waals surface area contributed by atoms with Gasteiger partial charge in [0.2, 0.25) is 0 Å². The summed E-state index contributed by atoms with van der Waals surface area (Å²) in [5, 5.41) is 12.3. The van der Waals surface area contributed by atoms with Gasteiger partial charge in [-0.2, -0.15) is 5.26 Å². The Kier molecular flexibility index (Phi) is 6.41. The van der Waals surface area contributed by atoms with Gasteiger partial charge in [0.1, 0.15) is 0 Å². The van der Waals surface area contributed by atoms with E-state index in [9.17, 15) is 14.9 Å². The van der Waals surface area contributed by atoms with Crippen LogP contribution in [0.5, 0.6) is 0 Å². The van der Waals surface area contributed by atoms with Crippen LogP contribution in [0, 0.1) is 11.3 Å². The third-order valence-corrected chi connectivity index (χ3v) is 5.67. The van der Waals surface area contributed by atoms with E-state index < -0.39 is 0 Å². The first kappa shape index (κ1) is 21.4. The lowest BCUT2D eigenvalue weighted by molar-refractivity contribution is 0.0542. The van der Waals surface area contributed by atoms with Crippen LogP contribution in [0.4, 0.5) is 5.69 Å². The van der Waals surface area contributed by atoms with Crippen LogP contribution in [0.1, 0.15) is 52.6 Å². The number of anilines is 1. The Labute approximate surface area is 178 Å². The highest BCUT2D eigenvalue weighted by Gasteiger charge is 2.33. The van der Waals surface area contributed by atoms with Crippen molar-refractivity contribution in [3.63, 3.8) is 0 Å². The van der Waals surface area contributed by atoms with E-state index in [0.29, 0.717) is 29.8 Å². The maximum Gasteiger partial charge on any atom is 0.254 e. The van der Waals surface area contributed by atoms with Crippen LogP contribution in [0.2, 0.25) is 0 Å². The number of likely N-dealkylation sites (tertiary alicyclic amines) is 1. The van der Waals surface area contributed by atoms with Crippen molar-refractivity contribution < 1.29 is 9.59 Å². The Hall–Kier alpha value is -3.33. The van der Waals surface area contributed by atoms with Crippen LogP contribution in [0.3, 0.4) is 0 Å². The number of aryl methyl sites for hydroxylation is 1. The normalized spacial score (nSPS) is 13.5. The lowest BCUT2D eigenvalue weighted by Gasteiger charge is -2.39. The van der Waals surface area contributed by atoms with Gasteiger partial charge in [-0.25, -0.2) is 0 Å². The van der Waals surface area contributed by atoms with E-state index in [0.717, 1.165) is 17.7 Å². The first-order valence-corrected chi connectivity index (χ1v) is 10.3. The maximum absolute atomic E-state index is 12.8. The van der Waals surface area contributed by atoms with E-state index in [1.54, 1.807) is 17.0 Å². The zero-order valence-corrected chi connectivity index (χ0v) is 18.0. The summed E-state index contributed by atoms with van der Waals surface area (Å²) in [5.74, 6) is -0.242. The quantitative estimate of drug-likeness (QED) is 0.802. The molecule has 0 saturated carbocycles. The molecule has 1 N–H and O–H groups in total. The van der Waals surface area contributed by atoms with Gasteiger partial charge < -0.3 is 15.1 Å². The third-order valence-electron chi connectivity index (χ3n) is 5.67. The first-order chi connectivity index (χ1) is 14.3. The van der Waals surface area contributed by atoms with Crippen LogP contribution in [-0.4, -0.2) is 48.9 Å². The van der Waals surface area contributed by atoms with Gasteiger partial charge in [-0.1, -0.05) is 25.1 Å². The van der Waals surface area contributed by atoms with Gasteiger partial charge in [-0.05, 0) is 50.1 Å². The van der Waals surface area contributed by atoms with E-state index >= 15 is 0 Å². The molecule has 0 aliphatic carbocycles. The molecule has 2 aromatic rings. The number of carbonyl (C=O) groups is 2. The summed E-state index contributed by atoms with van der Waals surface area (Å²) >= 11 is 0. The fraction of sp³-hybridized carbons (Fsp3) is 0.375. The summed E-state index contributed by atoms with van der Waals surface area (Å²) in [5.41, 5.74) is 3.51. The number of hydrogen-bond donors (Lipinski definition) is 1. The average molecular weight is 405 g/mol. The van der Waals surface area contributed by atoms with Gasteiger partial charge in [0.15, 0.2) is 0 Å². The number of benzene rings is 2. The molecular formula is C24H28N4O2. The van der Waals surface area contributed by atoms with Gasteiger partial charge in [0, 0.05) is 37.4 Å². The second kappa shape index (κ2) is 9.00. The second-order valence-electron chi connectivity index (χ2n) is 7.94. The van der Waals surface area contributed by atoms with Gasteiger partial charge >= 0.3 is 0 Å². The van der Waals surface area contributed by atoms with E-state index in [4.69, 9.17) is 0 Å². The van der Waals surface area contributed by atoms with E-state index in [1.165, 1.54) is 0 Å². The smallest absolute Gasteiger partial charge is 0.254 e. The Balaban J connectivity index is 1.62. The van der Waals surface area contributed by atoms with Crippen molar-refractivity contribution in [2.24, 2.45) is 0 Å². The minimum atomic E-state index is -0.130. The number of carbonyl (C=O) groups excluding carboxylic acids is 2. The van der Waals surface area contributed by atoms with E-state index in [2.05, 4.69) is 30.1 Å². The molecular weight excluding hydrogens is 376 g/mol. The maximum atomic E-state index is 12.8. The number of amides is 2. The number of nitriles is 1. The average Bonchev–Trinajstić information content (AvgIpc) is 2.74. The highest BCUT2D eigenvalue weighted by molar-refractivity contribution is 6.00. The summed E-state index contributed by atoms with van der Waals surface area (Å²) in [7, 11) is 1.97. The Bertz CT molecular complexity index is 987. The summed E-state index contributed by atoms with van der Waals surface area (Å²) in [6.07, 6.45) is 0.753. The number of nitrogens with zero attached hydrogens (tertiary/aromatic N) is 3. The fourth-order valence-corrected chi connectivity index (χ4v) is 3.55. The first-order valence-electron chi connectivity index (χ1n) is 10.3. The molecule has 0 unspecified atom stereocenters. The van der Waals surface area contributed by atoms with Gasteiger partial charge in [0.05, 0.1) is 23.2 Å². The summed E-state index contributed by atoms with van der Waals surface area (Å²) < 4.78 is 0. The molecule has 3 rings (SSSR count). The molecule has 1 heterocycles. The molecule has 0 radical (unpaired) electrons. The second-order valence-corrected chi connectivity index (χ2v) is 7.94. The summed E-state index contributed by atoms with van der Waals surface area (Å²) in [6.45, 7) is 7.07. The molecule has 1 aliphatic heterocycles. The van der Waals surface area contributed by atoms with Crippen molar-refractivity contribution in [1.82, 2.24) is 10.2 Å². The third kappa shape index (κ3) is 4.30. The highest BCUT2D eigenvalue weighted by atomic mass is 16.2. The van der Waals surface area contributed by atoms with Crippen LogP contribution in [0.15, 0.2) is 42.5 Å². The molecule has 6 nitrogen and oxygen atoms in total. The predicted molar refractivity (Wildman–Crippen MR) is 118 cm³/mol. The molecule has 0 aromatic heterocycles. The van der Waals surface area contributed by atoms with Gasteiger partial charge in [-0.3, -0.25) is 9.59 Å². The van der Waals surface area contributed by atoms with Crippen molar-refractivity contribution >= 4 is 17.5 Å². The Morgan fingerprint density at radius 3 is 2.57 bits per heavy atom.